The van der Waals surface area contributed by atoms with Crippen LogP contribution in [0.25, 0.3) is 0 Å². The number of nitrogens with zero attached hydrogens (tertiary/aromatic N) is 1. The van der Waals surface area contributed by atoms with Crippen LogP contribution in [0.4, 0.5) is 0 Å². The van der Waals surface area contributed by atoms with Crippen LogP contribution >= 0.6 is 0 Å². The van der Waals surface area contributed by atoms with Crippen molar-refractivity contribution in [1.29, 1.82) is 0 Å². The Balaban J connectivity index is 2.70. The highest BCUT2D eigenvalue weighted by Gasteiger charge is 2.33. The number of rotatable bonds is 1. The molecular weight excluding hydrogens is 202 g/mol. The lowest BCUT2D eigenvalue weighted by Crippen LogP contribution is -2.50. The molecule has 7 heteroatoms. The van der Waals surface area contributed by atoms with Gasteiger partial charge in [0.05, 0.1) is 18.2 Å². The van der Waals surface area contributed by atoms with Crippen LogP contribution in [-0.2, 0) is 9.53 Å². The zero-order valence-corrected chi connectivity index (χ0v) is 8.33. The quantitative estimate of drug-likeness (QED) is 0.304. The second-order valence-corrected chi connectivity index (χ2v) is 3.52. The van der Waals surface area contributed by atoms with E-state index >= 15 is 0 Å². The topological polar surface area (TPSA) is 131 Å². The van der Waals surface area contributed by atoms with Crippen LogP contribution in [0.3, 0.4) is 0 Å². The summed E-state index contributed by atoms with van der Waals surface area (Å²) < 4.78 is 5.07. The lowest BCUT2D eigenvalue weighted by atomic mass is 10.00. The summed E-state index contributed by atoms with van der Waals surface area (Å²) in [5.41, 5.74) is 10.7. The van der Waals surface area contributed by atoms with Crippen LogP contribution in [0.2, 0.25) is 0 Å². The number of aliphatic hydroxyl groups is 1. The van der Waals surface area contributed by atoms with Crippen molar-refractivity contribution in [2.75, 3.05) is 0 Å². The van der Waals surface area contributed by atoms with E-state index in [2.05, 4.69) is 4.99 Å². The minimum Gasteiger partial charge on any atom is -0.475 e. The van der Waals surface area contributed by atoms with Gasteiger partial charge in [-0.25, -0.2) is 4.79 Å². The highest BCUT2D eigenvalue weighted by atomic mass is 16.6. The fourth-order valence-electron chi connectivity index (χ4n) is 1.39. The lowest BCUT2D eigenvalue weighted by molar-refractivity contribution is -0.172. The van der Waals surface area contributed by atoms with Gasteiger partial charge in [-0.1, -0.05) is 0 Å². The molecule has 0 amide bonds. The van der Waals surface area contributed by atoms with Gasteiger partial charge in [0.15, 0.2) is 6.29 Å². The summed E-state index contributed by atoms with van der Waals surface area (Å²) in [6, 6.07) is -1.00. The van der Waals surface area contributed by atoms with E-state index in [-0.39, 0.29) is 0 Å². The number of carbonyl (C=O) groups is 1. The van der Waals surface area contributed by atoms with Crippen molar-refractivity contribution in [2.45, 2.75) is 37.8 Å². The average Bonchev–Trinajstić information content (AvgIpc) is 2.13. The molecule has 6 N–H and O–H groups in total. The van der Waals surface area contributed by atoms with Gasteiger partial charge in [0.1, 0.15) is 0 Å². The van der Waals surface area contributed by atoms with Gasteiger partial charge in [-0.3, -0.25) is 4.99 Å². The Kier molecular flexibility index (Phi) is 3.61. The molecule has 0 aromatic carbocycles. The van der Waals surface area contributed by atoms with Crippen LogP contribution in [0.15, 0.2) is 4.99 Å². The zero-order valence-electron chi connectivity index (χ0n) is 8.33. The van der Waals surface area contributed by atoms with Gasteiger partial charge in [-0.15, -0.1) is 0 Å². The maximum atomic E-state index is 10.4. The van der Waals surface area contributed by atoms with Crippen LogP contribution in [0.1, 0.15) is 13.3 Å². The summed E-state index contributed by atoms with van der Waals surface area (Å²) in [6.07, 6.45) is -1.09. The molecule has 0 bridgehead atoms. The van der Waals surface area contributed by atoms with E-state index in [0.29, 0.717) is 6.42 Å². The number of nitrogens with two attached hydrogens (primary N) is 2. The first-order chi connectivity index (χ1) is 6.91. The summed E-state index contributed by atoms with van der Waals surface area (Å²) in [6.45, 7) is 1.68. The molecule has 0 aliphatic carbocycles. The van der Waals surface area contributed by atoms with E-state index < -0.39 is 36.3 Å². The van der Waals surface area contributed by atoms with Crippen molar-refractivity contribution in [1.82, 2.24) is 0 Å². The number of aliphatic hydroxyl groups excluding tert-OH is 1. The Morgan fingerprint density at radius 1 is 1.60 bits per heavy atom. The number of carboxylic acid groups (broad SMARTS) is 1. The number of carboxylic acids is 1. The summed E-state index contributed by atoms with van der Waals surface area (Å²) >= 11 is 0. The monoisotopic (exact) mass is 217 g/mol. The Morgan fingerprint density at radius 3 is 2.73 bits per heavy atom. The maximum Gasteiger partial charge on any atom is 0.370 e. The van der Waals surface area contributed by atoms with Gasteiger partial charge in [-0.2, -0.15) is 0 Å². The first kappa shape index (κ1) is 11.9. The van der Waals surface area contributed by atoms with Crippen LogP contribution < -0.4 is 11.5 Å². The molecule has 0 spiro atoms. The van der Waals surface area contributed by atoms with E-state index in [9.17, 15) is 9.90 Å². The number of aliphatic carboxylic acids is 1. The average molecular weight is 217 g/mol. The molecule has 0 saturated carbocycles. The van der Waals surface area contributed by atoms with Gasteiger partial charge in [-0.05, 0) is 13.3 Å². The Labute approximate surface area is 86.7 Å². The van der Waals surface area contributed by atoms with Crippen LogP contribution in [0.5, 0.6) is 0 Å². The number of aliphatic imine (C=N–C) groups is 1. The van der Waals surface area contributed by atoms with E-state index in [4.69, 9.17) is 21.3 Å². The van der Waals surface area contributed by atoms with Crippen molar-refractivity contribution in [2.24, 2.45) is 16.5 Å². The van der Waals surface area contributed by atoms with Crippen LogP contribution in [-0.4, -0.2) is 46.5 Å². The molecule has 1 rings (SSSR count). The van der Waals surface area contributed by atoms with E-state index in [1.807, 2.05) is 0 Å². The molecule has 7 nitrogen and oxygen atoms in total. The third kappa shape index (κ3) is 2.88. The van der Waals surface area contributed by atoms with Gasteiger partial charge in [0.25, 0.3) is 0 Å². The van der Waals surface area contributed by atoms with Crippen molar-refractivity contribution < 1.29 is 19.7 Å². The number of hydrogen-bond acceptors (Lipinski definition) is 5. The molecule has 1 fully saturated rings. The molecule has 4 atom stereocenters. The first-order valence-corrected chi connectivity index (χ1v) is 4.57. The molecule has 15 heavy (non-hydrogen) atoms. The molecule has 86 valence electrons. The maximum absolute atomic E-state index is 10.4. The van der Waals surface area contributed by atoms with Crippen molar-refractivity contribution in [3.05, 3.63) is 0 Å². The van der Waals surface area contributed by atoms with Crippen molar-refractivity contribution >= 4 is 11.8 Å². The second-order valence-electron chi connectivity index (χ2n) is 3.52. The van der Waals surface area contributed by atoms with Gasteiger partial charge in [0.2, 0.25) is 5.84 Å². The fourth-order valence-corrected chi connectivity index (χ4v) is 1.39. The highest BCUT2D eigenvalue weighted by molar-refractivity contribution is 6.33. The molecule has 0 unspecified atom stereocenters. The summed E-state index contributed by atoms with van der Waals surface area (Å²) in [7, 11) is 0. The fraction of sp³-hybridized carbons (Fsp3) is 0.750. The largest absolute Gasteiger partial charge is 0.475 e. The third-order valence-corrected chi connectivity index (χ3v) is 2.30. The number of hydrogen-bond donors (Lipinski definition) is 4. The summed E-state index contributed by atoms with van der Waals surface area (Å²) in [4.78, 5) is 14.2. The standard InChI is InChI=1S/C8H15N3O4/c1-3-5(11-6(10)7(12)13)2-4(9)8(14)15-3/h3-5,8,14H,2,9H2,1H3,(H2,10,11)(H,12,13)/t3-,4+,5+,8+/m1/s1. The molecule has 0 aromatic rings. The highest BCUT2D eigenvalue weighted by Crippen LogP contribution is 2.19. The molecule has 1 aliphatic rings. The van der Waals surface area contributed by atoms with E-state index in [1.54, 1.807) is 6.92 Å². The minimum absolute atomic E-state index is 0.344. The van der Waals surface area contributed by atoms with Gasteiger partial charge < -0.3 is 26.4 Å². The zero-order chi connectivity index (χ0) is 11.6. The molecule has 0 aromatic heterocycles. The number of ether oxygens (including phenoxy) is 1. The van der Waals surface area contributed by atoms with Crippen LogP contribution in [0, 0.1) is 0 Å². The molecule has 1 aliphatic heterocycles. The molecule has 1 saturated heterocycles. The normalized spacial score (nSPS) is 37.7. The predicted molar refractivity (Wildman–Crippen MR) is 52.2 cm³/mol. The van der Waals surface area contributed by atoms with Crippen molar-refractivity contribution in [3.63, 3.8) is 0 Å². The molecule has 0 radical (unpaired) electrons. The molecular formula is C8H15N3O4. The van der Waals surface area contributed by atoms with E-state index in [0.717, 1.165) is 0 Å². The Morgan fingerprint density at radius 2 is 2.20 bits per heavy atom. The first-order valence-electron chi connectivity index (χ1n) is 4.57. The Hall–Kier alpha value is -1.18. The van der Waals surface area contributed by atoms with Crippen molar-refractivity contribution in [3.8, 4) is 0 Å². The van der Waals surface area contributed by atoms with E-state index in [1.165, 1.54) is 0 Å². The summed E-state index contributed by atoms with van der Waals surface area (Å²) in [5, 5.41) is 17.8. The number of amidine groups is 1. The van der Waals surface area contributed by atoms with Gasteiger partial charge >= 0.3 is 5.97 Å². The third-order valence-electron chi connectivity index (χ3n) is 2.30. The smallest absolute Gasteiger partial charge is 0.370 e. The SMILES string of the molecule is C[C@H]1O[C@H](O)[C@@H](N)C[C@@H]1N=C(N)C(=O)O. The predicted octanol–water partition coefficient (Wildman–Crippen LogP) is -1.75. The second kappa shape index (κ2) is 4.56. The molecule has 1 heterocycles. The lowest BCUT2D eigenvalue weighted by Gasteiger charge is -2.34. The minimum atomic E-state index is -1.28. The summed E-state index contributed by atoms with van der Waals surface area (Å²) in [5.74, 6) is -1.75. The van der Waals surface area contributed by atoms with Gasteiger partial charge in [0, 0.05) is 0 Å². The Bertz CT molecular complexity index is 281.